The number of benzene rings is 2. The van der Waals surface area contributed by atoms with Crippen LogP contribution in [0, 0.1) is 0 Å². The Morgan fingerprint density at radius 3 is 2.73 bits per heavy atom. The van der Waals surface area contributed by atoms with Gasteiger partial charge in [0.05, 0.1) is 6.26 Å². The molecule has 158 valence electrons. The highest BCUT2D eigenvalue weighted by atomic mass is 16.5. The van der Waals surface area contributed by atoms with Gasteiger partial charge in [-0.2, -0.15) is 0 Å². The third kappa shape index (κ3) is 5.72. The number of furan rings is 1. The highest BCUT2D eigenvalue weighted by Crippen LogP contribution is 2.20. The van der Waals surface area contributed by atoms with Gasteiger partial charge in [0, 0.05) is 44.7 Å². The fraction of sp³-hybridized carbons (Fsp3) is 0.360. The van der Waals surface area contributed by atoms with Crippen LogP contribution in [0.1, 0.15) is 22.5 Å². The Balaban J connectivity index is 1.22. The Morgan fingerprint density at radius 2 is 1.87 bits per heavy atom. The molecule has 1 atom stereocenters. The first kappa shape index (κ1) is 20.7. The van der Waals surface area contributed by atoms with Crippen molar-refractivity contribution in [1.29, 1.82) is 0 Å². The van der Waals surface area contributed by atoms with E-state index in [0.29, 0.717) is 13.2 Å². The van der Waals surface area contributed by atoms with Crippen LogP contribution in [-0.2, 0) is 25.9 Å². The predicted octanol–water partition coefficient (Wildman–Crippen LogP) is 3.41. The van der Waals surface area contributed by atoms with E-state index in [9.17, 15) is 5.11 Å². The topological polar surface area (TPSA) is 57.9 Å². The van der Waals surface area contributed by atoms with Gasteiger partial charge in [0.25, 0.3) is 0 Å². The minimum Gasteiger partial charge on any atom is -0.491 e. The maximum Gasteiger partial charge on any atom is 0.123 e. The van der Waals surface area contributed by atoms with Crippen LogP contribution in [-0.4, -0.2) is 42.4 Å². The molecule has 0 fully saturated rings. The van der Waals surface area contributed by atoms with Crippen molar-refractivity contribution in [3.8, 4) is 5.75 Å². The van der Waals surface area contributed by atoms with Crippen molar-refractivity contribution >= 4 is 0 Å². The molecule has 0 spiro atoms. The van der Waals surface area contributed by atoms with E-state index in [1.807, 2.05) is 30.3 Å². The van der Waals surface area contributed by atoms with Gasteiger partial charge < -0.3 is 19.6 Å². The lowest BCUT2D eigenvalue weighted by Gasteiger charge is -2.30. The number of hydrogen-bond donors (Lipinski definition) is 2. The number of aliphatic hydroxyl groups excluding tert-OH is 1. The minimum absolute atomic E-state index is 0.293. The molecule has 0 saturated heterocycles. The molecule has 1 aliphatic rings. The summed E-state index contributed by atoms with van der Waals surface area (Å²) >= 11 is 0. The van der Waals surface area contributed by atoms with Crippen molar-refractivity contribution < 1.29 is 14.3 Å². The standard InChI is InChI=1S/C25H30N2O3/c28-23(18-27-14-12-20-6-1-2-8-22(20)17-27)19-30-25-10-4-3-7-21(25)16-26-13-11-24-9-5-15-29-24/h1-10,15,23,26,28H,11-14,16-19H2. The molecule has 0 bridgehead atoms. The van der Waals surface area contributed by atoms with Crippen molar-refractivity contribution in [3.05, 3.63) is 89.4 Å². The Bertz CT molecular complexity index is 910. The summed E-state index contributed by atoms with van der Waals surface area (Å²) in [5.41, 5.74) is 3.88. The summed E-state index contributed by atoms with van der Waals surface area (Å²) in [6.07, 6.45) is 3.08. The Kier molecular flexibility index (Phi) is 7.19. The molecule has 2 aromatic carbocycles. The second kappa shape index (κ2) is 10.4. The summed E-state index contributed by atoms with van der Waals surface area (Å²) in [5, 5.41) is 14.0. The SMILES string of the molecule is OC(COc1ccccc1CNCCc1ccco1)CN1CCc2ccccc2C1. The molecule has 0 saturated carbocycles. The fourth-order valence-electron chi connectivity index (χ4n) is 3.93. The van der Waals surface area contributed by atoms with Crippen LogP contribution >= 0.6 is 0 Å². The van der Waals surface area contributed by atoms with Gasteiger partial charge in [0.2, 0.25) is 0 Å². The van der Waals surface area contributed by atoms with E-state index in [0.717, 1.165) is 56.1 Å². The van der Waals surface area contributed by atoms with Crippen LogP contribution in [0.2, 0.25) is 0 Å². The van der Waals surface area contributed by atoms with Gasteiger partial charge in [0.15, 0.2) is 0 Å². The molecule has 1 aromatic heterocycles. The van der Waals surface area contributed by atoms with Gasteiger partial charge >= 0.3 is 0 Å². The average molecular weight is 407 g/mol. The van der Waals surface area contributed by atoms with Gasteiger partial charge in [-0.25, -0.2) is 0 Å². The maximum atomic E-state index is 10.5. The van der Waals surface area contributed by atoms with E-state index >= 15 is 0 Å². The van der Waals surface area contributed by atoms with Crippen molar-refractivity contribution in [2.24, 2.45) is 0 Å². The molecule has 2 heterocycles. The molecule has 1 aliphatic heterocycles. The van der Waals surface area contributed by atoms with Gasteiger partial charge in [-0.3, -0.25) is 4.90 Å². The lowest BCUT2D eigenvalue weighted by atomic mass is 10.00. The van der Waals surface area contributed by atoms with Crippen LogP contribution in [0.4, 0.5) is 0 Å². The lowest BCUT2D eigenvalue weighted by Crippen LogP contribution is -2.38. The Hall–Kier alpha value is -2.60. The molecule has 5 heteroatoms. The summed E-state index contributed by atoms with van der Waals surface area (Å²) in [6, 6.07) is 20.5. The highest BCUT2D eigenvalue weighted by Gasteiger charge is 2.19. The number of β-amino-alcohol motifs (C(OH)–C–C–N with tert-alkyl or cyclic N) is 1. The maximum absolute atomic E-state index is 10.5. The van der Waals surface area contributed by atoms with Crippen molar-refractivity contribution in [2.45, 2.75) is 32.0 Å². The number of para-hydroxylation sites is 1. The summed E-state index contributed by atoms with van der Waals surface area (Å²) in [6.45, 7) is 4.34. The molecule has 30 heavy (non-hydrogen) atoms. The van der Waals surface area contributed by atoms with Gasteiger partial charge in [0.1, 0.15) is 24.2 Å². The summed E-state index contributed by atoms with van der Waals surface area (Å²) in [7, 11) is 0. The molecule has 5 nitrogen and oxygen atoms in total. The number of aliphatic hydroxyl groups is 1. The number of rotatable bonds is 10. The fourth-order valence-corrected chi connectivity index (χ4v) is 3.93. The monoisotopic (exact) mass is 406 g/mol. The van der Waals surface area contributed by atoms with Gasteiger partial charge in [-0.15, -0.1) is 0 Å². The van der Waals surface area contributed by atoms with Gasteiger partial charge in [-0.05, 0) is 35.7 Å². The number of nitrogens with one attached hydrogen (secondary N) is 1. The van der Waals surface area contributed by atoms with Gasteiger partial charge in [-0.1, -0.05) is 42.5 Å². The molecule has 1 unspecified atom stereocenters. The van der Waals surface area contributed by atoms with Crippen molar-refractivity contribution in [2.75, 3.05) is 26.2 Å². The van der Waals surface area contributed by atoms with E-state index < -0.39 is 6.10 Å². The molecule has 0 amide bonds. The second-order valence-electron chi connectivity index (χ2n) is 7.83. The number of ether oxygens (including phenoxy) is 1. The summed E-state index contributed by atoms with van der Waals surface area (Å²) < 4.78 is 11.3. The lowest BCUT2D eigenvalue weighted by molar-refractivity contribution is 0.0634. The van der Waals surface area contributed by atoms with E-state index in [1.54, 1.807) is 6.26 Å². The van der Waals surface area contributed by atoms with Crippen molar-refractivity contribution in [3.63, 3.8) is 0 Å². The molecule has 0 radical (unpaired) electrons. The van der Waals surface area contributed by atoms with Crippen LogP contribution in [0.3, 0.4) is 0 Å². The van der Waals surface area contributed by atoms with Crippen LogP contribution < -0.4 is 10.1 Å². The van der Waals surface area contributed by atoms with E-state index in [1.165, 1.54) is 11.1 Å². The third-order valence-corrected chi connectivity index (χ3v) is 5.53. The first-order valence-electron chi connectivity index (χ1n) is 10.7. The first-order valence-corrected chi connectivity index (χ1v) is 10.7. The average Bonchev–Trinajstić information content (AvgIpc) is 3.29. The first-order chi connectivity index (χ1) is 14.8. The van der Waals surface area contributed by atoms with E-state index in [-0.39, 0.29) is 0 Å². The quantitative estimate of drug-likeness (QED) is 0.506. The molecule has 4 rings (SSSR count). The second-order valence-corrected chi connectivity index (χ2v) is 7.83. The highest BCUT2D eigenvalue weighted by molar-refractivity contribution is 5.33. The zero-order valence-corrected chi connectivity index (χ0v) is 17.3. The molecule has 2 N–H and O–H groups in total. The third-order valence-electron chi connectivity index (χ3n) is 5.53. The molecular formula is C25H30N2O3. The predicted molar refractivity (Wildman–Crippen MR) is 117 cm³/mol. The number of nitrogens with zero attached hydrogens (tertiary/aromatic N) is 1. The largest absolute Gasteiger partial charge is 0.491 e. The number of hydrogen-bond acceptors (Lipinski definition) is 5. The minimum atomic E-state index is -0.518. The Labute approximate surface area is 178 Å². The smallest absolute Gasteiger partial charge is 0.123 e. The van der Waals surface area contributed by atoms with Crippen LogP contribution in [0.5, 0.6) is 5.75 Å². The summed E-state index contributed by atoms with van der Waals surface area (Å²) in [4.78, 5) is 2.30. The van der Waals surface area contributed by atoms with Crippen LogP contribution in [0.25, 0.3) is 0 Å². The Morgan fingerprint density at radius 1 is 1.03 bits per heavy atom. The normalized spacial score (nSPS) is 15.0. The van der Waals surface area contributed by atoms with E-state index in [2.05, 4.69) is 40.5 Å². The zero-order valence-electron chi connectivity index (χ0n) is 17.3. The van der Waals surface area contributed by atoms with E-state index in [4.69, 9.17) is 9.15 Å². The van der Waals surface area contributed by atoms with Crippen LogP contribution in [0.15, 0.2) is 71.3 Å². The molecular weight excluding hydrogens is 376 g/mol. The van der Waals surface area contributed by atoms with Crippen molar-refractivity contribution in [1.82, 2.24) is 10.2 Å². The summed E-state index contributed by atoms with van der Waals surface area (Å²) in [5.74, 6) is 1.81. The zero-order chi connectivity index (χ0) is 20.6. The molecule has 0 aliphatic carbocycles. The molecule has 3 aromatic rings. The number of fused-ring (bicyclic) bond motifs is 1.